The molecule has 0 saturated carbocycles. The summed E-state index contributed by atoms with van der Waals surface area (Å²) in [7, 11) is 11.6. The van der Waals surface area contributed by atoms with Gasteiger partial charge in [0, 0.05) is 0 Å². The Balaban J connectivity index is -0.000000202. The molecule has 0 fully saturated rings. The summed E-state index contributed by atoms with van der Waals surface area (Å²) in [6, 6.07) is 0. The summed E-state index contributed by atoms with van der Waals surface area (Å²) in [5.74, 6) is 0. The van der Waals surface area contributed by atoms with Crippen LogP contribution in [0.5, 0.6) is 0 Å². The maximum atomic E-state index is 5.10. The predicted octanol–water partition coefficient (Wildman–Crippen LogP) is 32.6. The molecule has 0 aromatic heterocycles. The van der Waals surface area contributed by atoms with Crippen LogP contribution in [0.15, 0.2) is 0 Å². The van der Waals surface area contributed by atoms with Crippen molar-refractivity contribution in [3.63, 3.8) is 0 Å². The monoisotopic (exact) mass is 1760 g/mol. The van der Waals surface area contributed by atoms with E-state index in [-0.39, 0.29) is 46.3 Å². The molecule has 0 aliphatic rings. The Morgan fingerprint density at radius 1 is 0.157 bits per heavy atom. The van der Waals surface area contributed by atoms with Crippen molar-refractivity contribution in [1.82, 2.24) is 0 Å². The van der Waals surface area contributed by atoms with Crippen LogP contribution < -0.4 is 0 Å². The minimum atomic E-state index is -0.251. The second-order valence-corrected chi connectivity index (χ2v) is 35.5. The number of unbranched alkanes of at least 4 members (excludes halogenated alkanes) is 44. The van der Waals surface area contributed by atoms with Crippen molar-refractivity contribution >= 4 is 0 Å². The van der Waals surface area contributed by atoms with Crippen LogP contribution in [0.1, 0.15) is 531 Å². The predicted molar refractivity (Wildman–Crippen MR) is 495 cm³/mol. The van der Waals surface area contributed by atoms with Crippen molar-refractivity contribution < 1.29 is 119 Å². The summed E-state index contributed by atoms with van der Waals surface area (Å²) < 4.78 is 0. The van der Waals surface area contributed by atoms with E-state index in [0.29, 0.717) is 0 Å². The van der Waals surface area contributed by atoms with Gasteiger partial charge < -0.3 is 0 Å². The molecule has 0 spiro atoms. The highest BCUT2D eigenvalue weighted by Gasteiger charge is 2.24. The maximum Gasteiger partial charge on any atom is 0.101 e. The molecule has 742 valence electrons. The molecule has 0 radical (unpaired) electrons. The highest BCUT2D eigenvalue weighted by molar-refractivity contribution is 4.70. The van der Waals surface area contributed by atoms with Gasteiger partial charge >= 0.3 is 0 Å². The minimum Gasteiger partial charge on any atom is -0.210 e. The standard InChI is InChI=1S/C15H32O3.C14H30O3.2C13H28O3.C12H26O3.C11H24O3.C10H22O3.C9H20O3/c1-4-5-6-7-8-9-10-11-12-13-14-15(2)17-18-16-3;1-4-5-6-7-8-9-10-11-12-13-14(2)16-17-15-3;1-5-6-7-8-9-10-11-12-13(2,3)15-16-14-4;1-4-5-6-7-8-9-10-11-12-13(2)15-16-14-3;1-5-6-7-8-9-10-11-12(2,3)14-15-13-4;1-5-6-7-8-9-10-11(2,3)13-14-12-4;1-5-6-7-8-9-10(2,3)12-13-11-4;1-5-6-7-8-9(2,3)11-12-10-4/h15H,4-14H2,1-3H3;14H,4-13H2,1-3H3;5-12H2,1-4H3;13H,4-12H2,1-3H3;5-11H2,1-4H3;5-10H2,1-4H3;5-9H2,1-4H3;5-8H2,1-4H3. The van der Waals surface area contributed by atoms with E-state index in [1.54, 1.807) is 0 Å². The molecule has 24 heteroatoms. The van der Waals surface area contributed by atoms with Crippen molar-refractivity contribution in [3.05, 3.63) is 0 Å². The van der Waals surface area contributed by atoms with E-state index < -0.39 is 0 Å². The molecule has 0 N–H and O–H groups in total. The Bertz CT molecular complexity index is 1770. The van der Waals surface area contributed by atoms with Gasteiger partial charge in [0.25, 0.3) is 0 Å². The van der Waals surface area contributed by atoms with Crippen molar-refractivity contribution in [2.75, 3.05) is 56.9 Å². The average Bonchev–Trinajstić information content (AvgIpc) is 1.03. The molecule has 0 saturated heterocycles. The van der Waals surface area contributed by atoms with Gasteiger partial charge in [0.2, 0.25) is 0 Å². The highest BCUT2D eigenvalue weighted by atomic mass is 17.5. The molecule has 121 heavy (non-hydrogen) atoms. The van der Waals surface area contributed by atoms with Crippen molar-refractivity contribution in [2.24, 2.45) is 0 Å². The molecule has 0 bridgehead atoms. The minimum absolute atomic E-state index is 0.124. The molecular weight excluding hydrogens is 1550 g/mol. The third-order valence-corrected chi connectivity index (χ3v) is 20.0. The van der Waals surface area contributed by atoms with Crippen LogP contribution >= 0.6 is 0 Å². The van der Waals surface area contributed by atoms with E-state index in [9.17, 15) is 0 Å². The van der Waals surface area contributed by atoms with Crippen LogP contribution in [0.2, 0.25) is 0 Å². The molecule has 0 heterocycles. The quantitative estimate of drug-likeness (QED) is 0.0314. The second kappa shape index (κ2) is 111. The fraction of sp³-hybridized carbons (Fsp3) is 1.00. The fourth-order valence-corrected chi connectivity index (χ4v) is 12.3. The van der Waals surface area contributed by atoms with E-state index in [2.05, 4.69) is 135 Å². The van der Waals surface area contributed by atoms with E-state index in [1.807, 2.05) is 90.0 Å². The zero-order valence-corrected chi connectivity index (χ0v) is 85.5. The van der Waals surface area contributed by atoms with Crippen LogP contribution in [0.25, 0.3) is 0 Å². The lowest BCUT2D eigenvalue weighted by Crippen LogP contribution is -2.24. The summed E-state index contributed by atoms with van der Waals surface area (Å²) in [6.45, 7) is 43.9. The largest absolute Gasteiger partial charge is 0.210 e. The number of hydrogen-bond acceptors (Lipinski definition) is 24. The zero-order valence-electron chi connectivity index (χ0n) is 85.5. The van der Waals surface area contributed by atoms with Gasteiger partial charge in [-0.3, -0.25) is 0 Å². The van der Waals surface area contributed by atoms with E-state index in [4.69, 9.17) is 39.1 Å². The van der Waals surface area contributed by atoms with Crippen molar-refractivity contribution in [2.45, 2.75) is 577 Å². The normalized spacial score (nSPS) is 12.4. The topological polar surface area (TPSA) is 222 Å². The van der Waals surface area contributed by atoms with E-state index >= 15 is 0 Å². The summed E-state index contributed by atoms with van der Waals surface area (Å²) in [5.41, 5.74) is -1.24. The third-order valence-electron chi connectivity index (χ3n) is 20.0. The number of hydrogen-bond donors (Lipinski definition) is 0. The van der Waals surface area contributed by atoms with Crippen LogP contribution in [-0.4, -0.2) is 103 Å². The molecular formula is C97H210O24. The van der Waals surface area contributed by atoms with Gasteiger partial charge in [0.15, 0.2) is 0 Å². The molecule has 0 aliphatic carbocycles. The molecule has 0 rings (SSSR count). The Labute approximate surface area is 748 Å². The average molecular weight is 1760 g/mol. The molecule has 0 aromatic rings. The molecule has 3 atom stereocenters. The fourth-order valence-electron chi connectivity index (χ4n) is 12.3. The lowest BCUT2D eigenvalue weighted by atomic mass is 9.99. The third kappa shape index (κ3) is 137. The van der Waals surface area contributed by atoms with Crippen LogP contribution in [0.4, 0.5) is 0 Å². The van der Waals surface area contributed by atoms with Gasteiger partial charge in [-0.15, -0.1) is 0 Å². The zero-order chi connectivity index (χ0) is 92.6. The van der Waals surface area contributed by atoms with Crippen LogP contribution in [-0.2, 0) is 119 Å². The smallest absolute Gasteiger partial charge is 0.101 e. The van der Waals surface area contributed by atoms with Gasteiger partial charge in [-0.05, 0) is 141 Å². The van der Waals surface area contributed by atoms with Gasteiger partial charge in [-0.2, -0.15) is 0 Å². The lowest BCUT2D eigenvalue weighted by Gasteiger charge is -2.21. The second-order valence-electron chi connectivity index (χ2n) is 35.5. The SMILES string of the molecule is CCCCCC(C)(C)OOOC.CCCCCCC(C)(C)OOOC.CCCCCCCC(C)(C)OOOC.CCCCCCCCC(C)(C)OOOC.CCCCCCCCCC(C)(C)OOOC.CCCCCCCCCCC(C)OOOC.CCCCCCCCCCCC(C)OOOC.CCCCCCCCCCCCC(C)OOOC. The van der Waals surface area contributed by atoms with Gasteiger partial charge in [0.1, 0.15) is 28.0 Å². The lowest BCUT2D eigenvalue weighted by molar-refractivity contribution is -0.532. The Kier molecular flexibility index (Phi) is 125. The first-order chi connectivity index (χ1) is 58.0. The van der Waals surface area contributed by atoms with Crippen molar-refractivity contribution in [3.8, 4) is 0 Å². The summed E-state index contributed by atoms with van der Waals surface area (Å²) in [4.78, 5) is 75.2. The Morgan fingerprint density at radius 2 is 0.273 bits per heavy atom. The van der Waals surface area contributed by atoms with E-state index in [1.165, 1.54) is 384 Å². The Morgan fingerprint density at radius 3 is 0.421 bits per heavy atom. The summed E-state index contributed by atoms with van der Waals surface area (Å²) in [5, 5.41) is 35.6. The molecule has 3 unspecified atom stereocenters. The highest BCUT2D eigenvalue weighted by Crippen LogP contribution is 2.25. The molecule has 0 amide bonds. The molecule has 0 aliphatic heterocycles. The van der Waals surface area contributed by atoms with Crippen LogP contribution in [0, 0.1) is 0 Å². The maximum absolute atomic E-state index is 5.10. The summed E-state index contributed by atoms with van der Waals surface area (Å²) >= 11 is 0. The molecule has 24 nitrogen and oxygen atoms in total. The van der Waals surface area contributed by atoms with Crippen molar-refractivity contribution in [1.29, 1.82) is 0 Å². The number of rotatable bonds is 84. The molecule has 0 aromatic carbocycles. The van der Waals surface area contributed by atoms with E-state index in [0.717, 1.165) is 57.8 Å². The van der Waals surface area contributed by atoms with Crippen LogP contribution in [0.3, 0.4) is 0 Å². The van der Waals surface area contributed by atoms with Gasteiger partial charge in [0.05, 0.1) is 75.2 Å². The first-order valence-corrected chi connectivity index (χ1v) is 49.0. The first-order valence-electron chi connectivity index (χ1n) is 49.0. The Hall–Kier alpha value is -0.960. The van der Waals surface area contributed by atoms with Gasteiger partial charge in [-0.1, -0.05) is 430 Å². The van der Waals surface area contributed by atoms with Gasteiger partial charge in [-0.25, -0.2) is 78.2 Å². The first kappa shape index (κ1) is 136. The summed E-state index contributed by atoms with van der Waals surface area (Å²) in [6.07, 6.45) is 77.1.